The molecular formula is C17H12ClFN2O. The fourth-order valence-corrected chi connectivity index (χ4v) is 3.22. The van der Waals surface area contributed by atoms with Gasteiger partial charge in [0.05, 0.1) is 11.2 Å². The molecule has 1 aliphatic rings. The number of hydrogen-bond acceptors (Lipinski definition) is 1. The van der Waals surface area contributed by atoms with Crippen LogP contribution >= 0.6 is 11.6 Å². The zero-order valence-electron chi connectivity index (χ0n) is 11.6. The number of nitrogens with one attached hydrogen (secondary N) is 1. The van der Waals surface area contributed by atoms with Crippen molar-refractivity contribution in [2.24, 2.45) is 0 Å². The van der Waals surface area contributed by atoms with Gasteiger partial charge in [-0.1, -0.05) is 29.8 Å². The SMILES string of the molecule is O=C1Cn2c(-c3ccccc3F)cc3c(Cl)ccc(c32)CN1. The molecule has 110 valence electrons. The first-order valence-electron chi connectivity index (χ1n) is 6.97. The van der Waals surface area contributed by atoms with Crippen molar-refractivity contribution in [3.8, 4) is 11.3 Å². The van der Waals surface area contributed by atoms with Gasteiger partial charge in [0.2, 0.25) is 5.91 Å². The molecule has 1 amide bonds. The fraction of sp³-hybridized carbons (Fsp3) is 0.118. The number of carbonyl (C=O) groups is 1. The highest BCUT2D eigenvalue weighted by atomic mass is 35.5. The quantitative estimate of drug-likeness (QED) is 0.729. The second-order valence-electron chi connectivity index (χ2n) is 5.34. The number of hydrogen-bond donors (Lipinski definition) is 1. The van der Waals surface area contributed by atoms with Gasteiger partial charge in [-0.05, 0) is 29.8 Å². The normalized spacial score (nSPS) is 14.0. The highest BCUT2D eigenvalue weighted by Crippen LogP contribution is 2.36. The molecule has 0 atom stereocenters. The summed E-state index contributed by atoms with van der Waals surface area (Å²) in [5, 5.41) is 4.30. The number of carbonyl (C=O) groups excluding carboxylic acids is 1. The van der Waals surface area contributed by atoms with Gasteiger partial charge in [-0.25, -0.2) is 4.39 Å². The van der Waals surface area contributed by atoms with Gasteiger partial charge in [-0.15, -0.1) is 0 Å². The molecule has 0 unspecified atom stereocenters. The third-order valence-corrected chi connectivity index (χ3v) is 4.35. The zero-order valence-corrected chi connectivity index (χ0v) is 12.3. The van der Waals surface area contributed by atoms with Crippen molar-refractivity contribution in [2.45, 2.75) is 13.1 Å². The summed E-state index contributed by atoms with van der Waals surface area (Å²) in [4.78, 5) is 12.0. The molecule has 1 N–H and O–H groups in total. The minimum absolute atomic E-state index is 0.0950. The highest BCUT2D eigenvalue weighted by molar-refractivity contribution is 6.35. The number of aromatic nitrogens is 1. The second-order valence-corrected chi connectivity index (χ2v) is 5.75. The Kier molecular flexibility index (Phi) is 2.94. The van der Waals surface area contributed by atoms with Crippen molar-refractivity contribution in [1.29, 1.82) is 0 Å². The molecule has 1 aromatic heterocycles. The molecule has 0 saturated carbocycles. The maximum atomic E-state index is 14.2. The molecule has 1 aliphatic heterocycles. The Morgan fingerprint density at radius 1 is 1.18 bits per heavy atom. The predicted octanol–water partition coefficient (Wildman–Crippen LogP) is 3.73. The number of nitrogens with zero attached hydrogens (tertiary/aromatic N) is 1. The molecule has 22 heavy (non-hydrogen) atoms. The minimum Gasteiger partial charge on any atom is -0.350 e. The summed E-state index contributed by atoms with van der Waals surface area (Å²) >= 11 is 6.30. The van der Waals surface area contributed by atoms with E-state index in [1.54, 1.807) is 18.2 Å². The van der Waals surface area contributed by atoms with Crippen molar-refractivity contribution in [3.05, 3.63) is 58.9 Å². The topological polar surface area (TPSA) is 34.0 Å². The van der Waals surface area contributed by atoms with Crippen molar-refractivity contribution < 1.29 is 9.18 Å². The average Bonchev–Trinajstić information content (AvgIpc) is 2.79. The van der Waals surface area contributed by atoms with E-state index in [2.05, 4.69) is 5.32 Å². The Labute approximate surface area is 131 Å². The third kappa shape index (κ3) is 1.91. The van der Waals surface area contributed by atoms with E-state index in [0.29, 0.717) is 22.8 Å². The van der Waals surface area contributed by atoms with Crippen LogP contribution in [0, 0.1) is 5.82 Å². The number of amides is 1. The van der Waals surface area contributed by atoms with Crippen molar-refractivity contribution >= 4 is 28.4 Å². The Morgan fingerprint density at radius 3 is 2.82 bits per heavy atom. The molecule has 3 aromatic rings. The predicted molar refractivity (Wildman–Crippen MR) is 84.2 cm³/mol. The molecule has 2 heterocycles. The van der Waals surface area contributed by atoms with E-state index in [1.165, 1.54) is 6.07 Å². The van der Waals surface area contributed by atoms with Gasteiger partial charge in [0.15, 0.2) is 0 Å². The summed E-state index contributed by atoms with van der Waals surface area (Å²) in [5.74, 6) is -0.411. The van der Waals surface area contributed by atoms with Gasteiger partial charge in [0, 0.05) is 22.5 Å². The lowest BCUT2D eigenvalue weighted by Crippen LogP contribution is -2.24. The van der Waals surface area contributed by atoms with Crippen LogP contribution in [0.1, 0.15) is 5.56 Å². The van der Waals surface area contributed by atoms with Gasteiger partial charge in [-0.3, -0.25) is 4.79 Å². The molecule has 0 saturated heterocycles. The van der Waals surface area contributed by atoms with E-state index in [4.69, 9.17) is 11.6 Å². The first kappa shape index (κ1) is 13.3. The molecule has 0 bridgehead atoms. The van der Waals surface area contributed by atoms with E-state index in [1.807, 2.05) is 22.8 Å². The van der Waals surface area contributed by atoms with Crippen LogP contribution in [0.5, 0.6) is 0 Å². The van der Waals surface area contributed by atoms with Gasteiger partial charge in [0.1, 0.15) is 12.4 Å². The summed E-state index contributed by atoms with van der Waals surface area (Å²) in [6.45, 7) is 0.605. The van der Waals surface area contributed by atoms with Crippen LogP contribution in [-0.4, -0.2) is 10.5 Å². The molecular weight excluding hydrogens is 303 g/mol. The molecule has 2 aromatic carbocycles. The summed E-state index contributed by atoms with van der Waals surface area (Å²) < 4.78 is 16.0. The van der Waals surface area contributed by atoms with Gasteiger partial charge < -0.3 is 9.88 Å². The van der Waals surface area contributed by atoms with E-state index in [0.717, 1.165) is 16.5 Å². The lowest BCUT2D eigenvalue weighted by molar-refractivity contribution is -0.121. The monoisotopic (exact) mass is 314 g/mol. The number of benzene rings is 2. The summed E-state index contributed by atoms with van der Waals surface area (Å²) in [7, 11) is 0. The molecule has 5 heteroatoms. The van der Waals surface area contributed by atoms with Gasteiger partial charge in [0.25, 0.3) is 0 Å². The lowest BCUT2D eigenvalue weighted by atomic mass is 10.1. The van der Waals surface area contributed by atoms with E-state index >= 15 is 0 Å². The van der Waals surface area contributed by atoms with Crippen molar-refractivity contribution in [1.82, 2.24) is 9.88 Å². The first-order valence-corrected chi connectivity index (χ1v) is 7.35. The van der Waals surface area contributed by atoms with Crippen LogP contribution in [0.4, 0.5) is 4.39 Å². The Hall–Kier alpha value is -2.33. The maximum Gasteiger partial charge on any atom is 0.240 e. The average molecular weight is 315 g/mol. The molecule has 3 nitrogen and oxygen atoms in total. The standard InChI is InChI=1S/C17H12ClFN2O/c18-13-6-5-10-8-20-16(22)9-21-15(7-12(13)17(10)21)11-3-1-2-4-14(11)19/h1-7H,8-9H2,(H,20,22). The first-order chi connectivity index (χ1) is 10.6. The summed E-state index contributed by atoms with van der Waals surface area (Å²) in [6.07, 6.45) is 0. The highest BCUT2D eigenvalue weighted by Gasteiger charge is 2.22. The second kappa shape index (κ2) is 4.85. The van der Waals surface area contributed by atoms with Gasteiger partial charge >= 0.3 is 0 Å². The molecule has 0 spiro atoms. The Bertz CT molecular complexity index is 916. The van der Waals surface area contributed by atoms with Crippen LogP contribution < -0.4 is 5.32 Å². The Morgan fingerprint density at radius 2 is 2.00 bits per heavy atom. The summed E-state index contributed by atoms with van der Waals surface area (Å²) in [6, 6.07) is 12.1. The smallest absolute Gasteiger partial charge is 0.240 e. The minimum atomic E-state index is -0.316. The lowest BCUT2D eigenvalue weighted by Gasteiger charge is -2.09. The molecule has 0 fully saturated rings. The molecule has 0 radical (unpaired) electrons. The van der Waals surface area contributed by atoms with Crippen LogP contribution in [-0.2, 0) is 17.9 Å². The summed E-state index contributed by atoms with van der Waals surface area (Å²) in [5.41, 5.74) is 3.01. The maximum absolute atomic E-state index is 14.2. The van der Waals surface area contributed by atoms with Gasteiger partial charge in [-0.2, -0.15) is 0 Å². The largest absolute Gasteiger partial charge is 0.350 e. The van der Waals surface area contributed by atoms with Crippen LogP contribution in [0.3, 0.4) is 0 Å². The number of halogens is 2. The van der Waals surface area contributed by atoms with Crippen molar-refractivity contribution in [2.75, 3.05) is 0 Å². The molecule has 0 aliphatic carbocycles. The van der Waals surface area contributed by atoms with E-state index in [-0.39, 0.29) is 18.3 Å². The Balaban J connectivity index is 2.10. The van der Waals surface area contributed by atoms with Crippen LogP contribution in [0.15, 0.2) is 42.5 Å². The van der Waals surface area contributed by atoms with Crippen molar-refractivity contribution in [3.63, 3.8) is 0 Å². The zero-order chi connectivity index (χ0) is 15.3. The third-order valence-electron chi connectivity index (χ3n) is 4.02. The molecule has 4 rings (SSSR count). The number of rotatable bonds is 1. The van der Waals surface area contributed by atoms with Crippen LogP contribution in [0.25, 0.3) is 22.2 Å². The van der Waals surface area contributed by atoms with E-state index < -0.39 is 0 Å². The van der Waals surface area contributed by atoms with Crippen LogP contribution in [0.2, 0.25) is 5.02 Å². The van der Waals surface area contributed by atoms with E-state index in [9.17, 15) is 9.18 Å². The fourth-order valence-electron chi connectivity index (χ4n) is 3.01.